The van der Waals surface area contributed by atoms with Crippen molar-refractivity contribution in [2.45, 2.75) is 6.54 Å². The fourth-order valence-corrected chi connectivity index (χ4v) is 3.12. The fourth-order valence-electron chi connectivity index (χ4n) is 3.12. The molecule has 0 unspecified atom stereocenters. The van der Waals surface area contributed by atoms with Gasteiger partial charge in [0.1, 0.15) is 11.5 Å². The Morgan fingerprint density at radius 1 is 1.10 bits per heavy atom. The summed E-state index contributed by atoms with van der Waals surface area (Å²) in [6.07, 6.45) is 3.56. The van der Waals surface area contributed by atoms with Gasteiger partial charge in [-0.2, -0.15) is 0 Å². The Labute approximate surface area is 168 Å². The van der Waals surface area contributed by atoms with Crippen molar-refractivity contribution in [3.63, 3.8) is 0 Å². The number of rotatable bonds is 6. The van der Waals surface area contributed by atoms with Gasteiger partial charge in [-0.25, -0.2) is 15.8 Å². The molecule has 7 nitrogen and oxygen atoms in total. The Morgan fingerprint density at radius 2 is 2.00 bits per heavy atom. The van der Waals surface area contributed by atoms with Crippen molar-refractivity contribution in [2.75, 3.05) is 17.4 Å². The predicted octanol–water partition coefficient (Wildman–Crippen LogP) is 3.95. The zero-order valence-corrected chi connectivity index (χ0v) is 16.1. The van der Waals surface area contributed by atoms with Gasteiger partial charge >= 0.3 is 0 Å². The molecule has 4 rings (SSSR count). The van der Waals surface area contributed by atoms with Gasteiger partial charge in [0.2, 0.25) is 0 Å². The van der Waals surface area contributed by atoms with Gasteiger partial charge in [-0.3, -0.25) is 15.0 Å². The molecule has 0 atom stereocenters. The second kappa shape index (κ2) is 8.04. The number of nitrogens with two attached hydrogens (primary N) is 1. The van der Waals surface area contributed by atoms with Crippen LogP contribution < -0.4 is 16.2 Å². The Morgan fingerprint density at radius 3 is 2.76 bits per heavy atom. The van der Waals surface area contributed by atoms with E-state index in [0.717, 1.165) is 33.5 Å². The number of aliphatic imine (C=N–C) groups is 1. The van der Waals surface area contributed by atoms with Gasteiger partial charge in [0, 0.05) is 30.4 Å². The molecule has 3 heterocycles. The quantitative estimate of drug-likeness (QED) is 0.298. The van der Waals surface area contributed by atoms with E-state index in [-0.39, 0.29) is 0 Å². The van der Waals surface area contributed by atoms with E-state index >= 15 is 0 Å². The number of hydrazine groups is 1. The summed E-state index contributed by atoms with van der Waals surface area (Å²) in [6.45, 7) is 4.12. The number of hydrogen-bond acceptors (Lipinski definition) is 7. The van der Waals surface area contributed by atoms with Gasteiger partial charge in [0.25, 0.3) is 0 Å². The van der Waals surface area contributed by atoms with Gasteiger partial charge in [-0.05, 0) is 54.7 Å². The largest absolute Gasteiger partial charge is 0.373 e. The third-order valence-corrected chi connectivity index (χ3v) is 4.63. The van der Waals surface area contributed by atoms with E-state index in [4.69, 9.17) is 10.8 Å². The summed E-state index contributed by atoms with van der Waals surface area (Å²) < 4.78 is 0. The van der Waals surface area contributed by atoms with E-state index in [1.54, 1.807) is 17.4 Å². The summed E-state index contributed by atoms with van der Waals surface area (Å²) in [4.78, 5) is 17.5. The number of pyridine rings is 3. The molecule has 0 saturated heterocycles. The van der Waals surface area contributed by atoms with Crippen LogP contribution >= 0.6 is 0 Å². The highest BCUT2D eigenvalue weighted by atomic mass is 15.4. The predicted molar refractivity (Wildman–Crippen MR) is 118 cm³/mol. The van der Waals surface area contributed by atoms with Crippen LogP contribution in [0.15, 0.2) is 72.0 Å². The normalized spacial score (nSPS) is 10.7. The summed E-state index contributed by atoms with van der Waals surface area (Å²) in [5.74, 6) is 7.73. The monoisotopic (exact) mass is 383 g/mol. The fraction of sp³-hybridized carbons (Fsp3) is 0.0909. The van der Waals surface area contributed by atoms with Crippen LogP contribution in [0.25, 0.3) is 22.2 Å². The van der Waals surface area contributed by atoms with E-state index in [2.05, 4.69) is 33.1 Å². The first-order valence-electron chi connectivity index (χ1n) is 9.16. The van der Waals surface area contributed by atoms with Gasteiger partial charge in [-0.1, -0.05) is 12.1 Å². The molecule has 0 bridgehead atoms. The number of nitrogens with zero attached hydrogens (tertiary/aromatic N) is 5. The molecule has 0 radical (unpaired) electrons. The molecule has 0 aliphatic carbocycles. The molecule has 3 aromatic heterocycles. The number of fused-ring (bicyclic) bond motifs is 1. The maximum atomic E-state index is 6.38. The van der Waals surface area contributed by atoms with Crippen molar-refractivity contribution in [3.05, 3.63) is 72.6 Å². The van der Waals surface area contributed by atoms with Crippen molar-refractivity contribution in [2.24, 2.45) is 10.8 Å². The van der Waals surface area contributed by atoms with Crippen LogP contribution in [0.4, 0.5) is 17.3 Å². The molecule has 29 heavy (non-hydrogen) atoms. The lowest BCUT2D eigenvalue weighted by atomic mass is 10.1. The van der Waals surface area contributed by atoms with Crippen molar-refractivity contribution in [3.8, 4) is 11.3 Å². The van der Waals surface area contributed by atoms with E-state index in [1.807, 2.05) is 55.6 Å². The van der Waals surface area contributed by atoms with Crippen LogP contribution in [0.1, 0.15) is 5.56 Å². The Balaban J connectivity index is 1.65. The van der Waals surface area contributed by atoms with Gasteiger partial charge in [0.15, 0.2) is 5.82 Å². The van der Waals surface area contributed by atoms with Crippen molar-refractivity contribution < 1.29 is 0 Å². The highest BCUT2D eigenvalue weighted by molar-refractivity contribution is 5.79. The van der Waals surface area contributed by atoms with Gasteiger partial charge in [-0.15, -0.1) is 0 Å². The lowest BCUT2D eigenvalue weighted by molar-refractivity contribution is 0.834. The molecule has 4 aromatic rings. The first-order chi connectivity index (χ1) is 14.2. The van der Waals surface area contributed by atoms with E-state index < -0.39 is 0 Å². The topological polar surface area (TPSA) is 92.3 Å². The molecule has 0 saturated carbocycles. The molecule has 7 heteroatoms. The molecule has 0 aliphatic heterocycles. The summed E-state index contributed by atoms with van der Waals surface area (Å²) in [5.41, 5.74) is 4.28. The average molecular weight is 383 g/mol. The Hall–Kier alpha value is -3.84. The number of anilines is 2. The summed E-state index contributed by atoms with van der Waals surface area (Å²) in [6, 6.07) is 17.6. The zero-order chi connectivity index (χ0) is 20.2. The number of benzene rings is 1. The number of aromatic nitrogens is 3. The summed E-state index contributed by atoms with van der Waals surface area (Å²) in [5, 5.41) is 5.66. The minimum Gasteiger partial charge on any atom is -0.373 e. The van der Waals surface area contributed by atoms with Crippen molar-refractivity contribution in [1.82, 2.24) is 15.0 Å². The molecule has 1 aromatic carbocycles. The Bertz CT molecular complexity index is 1160. The molecular formula is C22H21N7. The Kier molecular flexibility index (Phi) is 5.13. The molecule has 3 N–H and O–H groups in total. The van der Waals surface area contributed by atoms with E-state index in [9.17, 15) is 0 Å². The SMILES string of the molecule is C=Nc1ccc(-c2ccc(NC)nc2)nc1N(N)Cc1ccc2ncccc2c1. The lowest BCUT2D eigenvalue weighted by Crippen LogP contribution is -2.31. The third-order valence-electron chi connectivity index (χ3n) is 4.63. The van der Waals surface area contributed by atoms with Crippen molar-refractivity contribution in [1.29, 1.82) is 0 Å². The lowest BCUT2D eigenvalue weighted by Gasteiger charge is -2.20. The van der Waals surface area contributed by atoms with Crippen LogP contribution in [0.5, 0.6) is 0 Å². The van der Waals surface area contributed by atoms with E-state index in [0.29, 0.717) is 18.1 Å². The molecule has 0 spiro atoms. The molecule has 0 fully saturated rings. The minimum atomic E-state index is 0.473. The van der Waals surface area contributed by atoms with Crippen LogP contribution in [0.2, 0.25) is 0 Å². The molecule has 144 valence electrons. The standard InChI is InChI=1S/C22H21N7/c1-24-20-9-8-19(17-6-10-21(25-2)27-13-17)28-22(20)29(23)14-15-5-7-18-16(12-15)4-3-11-26-18/h3-13H,1,14,23H2,2H3,(H,25,27). The summed E-state index contributed by atoms with van der Waals surface area (Å²) >= 11 is 0. The second-order valence-corrected chi connectivity index (χ2v) is 6.54. The van der Waals surface area contributed by atoms with Crippen LogP contribution in [0, 0.1) is 0 Å². The van der Waals surface area contributed by atoms with Gasteiger partial charge in [0.05, 0.1) is 17.8 Å². The second-order valence-electron chi connectivity index (χ2n) is 6.54. The first-order valence-corrected chi connectivity index (χ1v) is 9.16. The molecule has 0 amide bonds. The number of hydrogen-bond donors (Lipinski definition) is 2. The first kappa shape index (κ1) is 18.5. The minimum absolute atomic E-state index is 0.473. The third kappa shape index (κ3) is 3.90. The van der Waals surface area contributed by atoms with Crippen LogP contribution in [-0.4, -0.2) is 28.7 Å². The highest BCUT2D eigenvalue weighted by Gasteiger charge is 2.13. The van der Waals surface area contributed by atoms with Crippen LogP contribution in [0.3, 0.4) is 0 Å². The smallest absolute Gasteiger partial charge is 0.169 e. The van der Waals surface area contributed by atoms with Crippen molar-refractivity contribution >= 4 is 34.9 Å². The molecule has 0 aliphatic rings. The zero-order valence-electron chi connectivity index (χ0n) is 16.1. The van der Waals surface area contributed by atoms with Gasteiger partial charge < -0.3 is 5.32 Å². The molecular weight excluding hydrogens is 362 g/mol. The highest BCUT2D eigenvalue weighted by Crippen LogP contribution is 2.30. The maximum Gasteiger partial charge on any atom is 0.169 e. The maximum absolute atomic E-state index is 6.38. The number of nitrogens with one attached hydrogen (secondary N) is 1. The summed E-state index contributed by atoms with van der Waals surface area (Å²) in [7, 11) is 1.83. The van der Waals surface area contributed by atoms with E-state index in [1.165, 1.54) is 0 Å². The average Bonchev–Trinajstić information content (AvgIpc) is 2.78. The van der Waals surface area contributed by atoms with Crippen LogP contribution in [-0.2, 0) is 6.54 Å².